The maximum absolute atomic E-state index is 12.7. The van der Waals surface area contributed by atoms with Crippen LogP contribution in [-0.4, -0.2) is 78.6 Å². The second-order valence-electron chi connectivity index (χ2n) is 7.38. The molecule has 0 N–H and O–H groups in total. The predicted molar refractivity (Wildman–Crippen MR) is 102 cm³/mol. The summed E-state index contributed by atoms with van der Waals surface area (Å²) in [6, 6.07) is 4.82. The minimum Gasteiger partial charge on any atom is -0.375 e. The van der Waals surface area contributed by atoms with Gasteiger partial charge in [-0.25, -0.2) is 0 Å². The predicted octanol–water partition coefficient (Wildman–Crippen LogP) is 2.28. The van der Waals surface area contributed by atoms with Crippen LogP contribution in [0, 0.1) is 0 Å². The standard InChI is InChI=1S/C19H31N3O2S/c1-16(2)22-10-11-24-17(14-22)13-19(23)21-7-4-6-20(8-9-21)15-18-5-3-12-25-18/h3,5,12,16-17H,4,6-11,13-15H2,1-2H3/t17-/m1/s1. The van der Waals surface area contributed by atoms with Crippen molar-refractivity contribution < 1.29 is 9.53 Å². The van der Waals surface area contributed by atoms with Crippen LogP contribution in [0.4, 0.5) is 0 Å². The third kappa shape index (κ3) is 5.51. The largest absolute Gasteiger partial charge is 0.375 e. The van der Waals surface area contributed by atoms with Gasteiger partial charge in [0.2, 0.25) is 5.91 Å². The van der Waals surface area contributed by atoms with Crippen molar-refractivity contribution in [2.24, 2.45) is 0 Å². The highest BCUT2D eigenvalue weighted by molar-refractivity contribution is 7.09. The molecular formula is C19H31N3O2S. The van der Waals surface area contributed by atoms with E-state index in [2.05, 4.69) is 41.2 Å². The fraction of sp³-hybridized carbons (Fsp3) is 0.737. The first-order valence-corrected chi connectivity index (χ1v) is 10.4. The quantitative estimate of drug-likeness (QED) is 0.802. The van der Waals surface area contributed by atoms with Crippen molar-refractivity contribution in [3.05, 3.63) is 22.4 Å². The summed E-state index contributed by atoms with van der Waals surface area (Å²) in [7, 11) is 0. The van der Waals surface area contributed by atoms with E-state index in [0.717, 1.165) is 58.8 Å². The summed E-state index contributed by atoms with van der Waals surface area (Å²) in [6.07, 6.45) is 1.63. The molecule has 140 valence electrons. The maximum atomic E-state index is 12.7. The van der Waals surface area contributed by atoms with Gasteiger partial charge in [-0.05, 0) is 31.7 Å². The van der Waals surface area contributed by atoms with E-state index in [1.165, 1.54) is 4.88 Å². The fourth-order valence-corrected chi connectivity index (χ4v) is 4.41. The van der Waals surface area contributed by atoms with Gasteiger partial charge in [-0.3, -0.25) is 14.6 Å². The van der Waals surface area contributed by atoms with Gasteiger partial charge in [-0.15, -0.1) is 11.3 Å². The number of hydrogen-bond donors (Lipinski definition) is 0. The topological polar surface area (TPSA) is 36.0 Å². The van der Waals surface area contributed by atoms with Crippen LogP contribution in [0.15, 0.2) is 17.5 Å². The van der Waals surface area contributed by atoms with Crippen molar-refractivity contribution in [1.29, 1.82) is 0 Å². The normalized spacial score (nSPS) is 23.8. The van der Waals surface area contributed by atoms with Gasteiger partial charge in [0.1, 0.15) is 0 Å². The summed E-state index contributed by atoms with van der Waals surface area (Å²) in [5.41, 5.74) is 0. The number of carbonyl (C=O) groups is 1. The lowest BCUT2D eigenvalue weighted by molar-refractivity contribution is -0.136. The lowest BCUT2D eigenvalue weighted by Gasteiger charge is -2.36. The summed E-state index contributed by atoms with van der Waals surface area (Å²) >= 11 is 1.81. The van der Waals surface area contributed by atoms with E-state index in [-0.39, 0.29) is 12.0 Å². The minimum atomic E-state index is 0.0501. The summed E-state index contributed by atoms with van der Waals surface area (Å²) in [4.78, 5) is 21.1. The van der Waals surface area contributed by atoms with Crippen molar-refractivity contribution in [1.82, 2.24) is 14.7 Å². The molecule has 3 rings (SSSR count). The van der Waals surface area contributed by atoms with Crippen molar-refractivity contribution in [2.75, 3.05) is 45.9 Å². The lowest BCUT2D eigenvalue weighted by atomic mass is 10.1. The molecule has 0 radical (unpaired) electrons. The number of amides is 1. The van der Waals surface area contributed by atoms with E-state index in [1.54, 1.807) is 0 Å². The Balaban J connectivity index is 1.46. The molecule has 3 heterocycles. The van der Waals surface area contributed by atoms with Crippen LogP contribution < -0.4 is 0 Å². The first kappa shape index (κ1) is 18.8. The van der Waals surface area contributed by atoms with Crippen LogP contribution in [0.5, 0.6) is 0 Å². The minimum absolute atomic E-state index is 0.0501. The zero-order valence-corrected chi connectivity index (χ0v) is 16.3. The Morgan fingerprint density at radius 3 is 2.92 bits per heavy atom. The Kier molecular flexibility index (Phi) is 6.87. The Labute approximate surface area is 155 Å². The van der Waals surface area contributed by atoms with E-state index in [4.69, 9.17) is 4.74 Å². The monoisotopic (exact) mass is 365 g/mol. The molecule has 1 aromatic rings. The molecule has 6 heteroatoms. The maximum Gasteiger partial charge on any atom is 0.225 e. The van der Waals surface area contributed by atoms with Gasteiger partial charge >= 0.3 is 0 Å². The van der Waals surface area contributed by atoms with E-state index in [1.807, 2.05) is 16.2 Å². The number of ether oxygens (including phenoxy) is 1. The van der Waals surface area contributed by atoms with E-state index in [9.17, 15) is 4.79 Å². The third-order valence-electron chi connectivity index (χ3n) is 5.20. The van der Waals surface area contributed by atoms with Crippen LogP contribution in [-0.2, 0) is 16.1 Å². The van der Waals surface area contributed by atoms with Crippen LogP contribution in [0.25, 0.3) is 0 Å². The van der Waals surface area contributed by atoms with E-state index < -0.39 is 0 Å². The molecule has 1 amide bonds. The number of hydrogen-bond acceptors (Lipinski definition) is 5. The Hall–Kier alpha value is -0.950. The molecule has 0 unspecified atom stereocenters. The summed E-state index contributed by atoms with van der Waals surface area (Å²) in [6.45, 7) is 11.8. The Morgan fingerprint density at radius 1 is 1.28 bits per heavy atom. The highest BCUT2D eigenvalue weighted by Crippen LogP contribution is 2.16. The summed E-state index contributed by atoms with van der Waals surface area (Å²) < 4.78 is 5.84. The van der Waals surface area contributed by atoms with Gasteiger partial charge in [0.15, 0.2) is 0 Å². The van der Waals surface area contributed by atoms with Crippen molar-refractivity contribution >= 4 is 17.2 Å². The molecule has 2 fully saturated rings. The number of nitrogens with zero attached hydrogens (tertiary/aromatic N) is 3. The highest BCUT2D eigenvalue weighted by atomic mass is 32.1. The molecule has 2 aliphatic heterocycles. The molecule has 0 aliphatic carbocycles. The van der Waals surface area contributed by atoms with Crippen LogP contribution in [0.3, 0.4) is 0 Å². The Morgan fingerprint density at radius 2 is 2.16 bits per heavy atom. The summed E-state index contributed by atoms with van der Waals surface area (Å²) in [5.74, 6) is 0.258. The SMILES string of the molecule is CC(C)N1CCO[C@H](CC(=O)N2CCCN(Cc3cccs3)CC2)C1. The van der Waals surface area contributed by atoms with Gasteiger partial charge in [0.05, 0.1) is 19.1 Å². The highest BCUT2D eigenvalue weighted by Gasteiger charge is 2.27. The molecule has 0 bridgehead atoms. The molecule has 0 aromatic carbocycles. The molecule has 2 aliphatic rings. The lowest BCUT2D eigenvalue weighted by Crippen LogP contribution is -2.47. The fourth-order valence-electron chi connectivity index (χ4n) is 3.66. The van der Waals surface area contributed by atoms with Crippen molar-refractivity contribution in [3.63, 3.8) is 0 Å². The average molecular weight is 366 g/mol. The van der Waals surface area contributed by atoms with Crippen LogP contribution >= 0.6 is 11.3 Å². The van der Waals surface area contributed by atoms with Crippen LogP contribution in [0.2, 0.25) is 0 Å². The third-order valence-corrected chi connectivity index (χ3v) is 6.06. The molecule has 2 saturated heterocycles. The average Bonchev–Trinajstić information content (AvgIpc) is 2.99. The van der Waals surface area contributed by atoms with Crippen molar-refractivity contribution in [3.8, 4) is 0 Å². The number of morpholine rings is 1. The van der Waals surface area contributed by atoms with Gasteiger partial charge in [-0.2, -0.15) is 0 Å². The molecule has 0 spiro atoms. The molecule has 5 nitrogen and oxygen atoms in total. The molecule has 25 heavy (non-hydrogen) atoms. The van der Waals surface area contributed by atoms with Gasteiger partial charge in [0, 0.05) is 56.7 Å². The number of thiophene rings is 1. The smallest absolute Gasteiger partial charge is 0.225 e. The van der Waals surface area contributed by atoms with Crippen LogP contribution in [0.1, 0.15) is 31.6 Å². The molecule has 1 aromatic heterocycles. The number of rotatable bonds is 5. The molecule has 1 atom stereocenters. The number of carbonyl (C=O) groups excluding carboxylic acids is 1. The van der Waals surface area contributed by atoms with Gasteiger partial charge in [0.25, 0.3) is 0 Å². The second-order valence-corrected chi connectivity index (χ2v) is 8.41. The zero-order valence-electron chi connectivity index (χ0n) is 15.5. The first-order chi connectivity index (χ1) is 12.1. The molecule has 0 saturated carbocycles. The van der Waals surface area contributed by atoms with Gasteiger partial charge in [-0.1, -0.05) is 6.07 Å². The molecular weight excluding hydrogens is 334 g/mol. The van der Waals surface area contributed by atoms with Crippen molar-refractivity contribution in [2.45, 2.75) is 45.4 Å². The zero-order chi connectivity index (χ0) is 17.6. The second kappa shape index (κ2) is 9.12. The first-order valence-electron chi connectivity index (χ1n) is 9.50. The summed E-state index contributed by atoms with van der Waals surface area (Å²) in [5, 5.41) is 2.13. The van der Waals surface area contributed by atoms with Gasteiger partial charge < -0.3 is 9.64 Å². The Bertz CT molecular complexity index is 535. The van der Waals surface area contributed by atoms with E-state index >= 15 is 0 Å². The van der Waals surface area contributed by atoms with E-state index in [0.29, 0.717) is 12.5 Å².